The highest BCUT2D eigenvalue weighted by atomic mass is 35.5. The van der Waals surface area contributed by atoms with Gasteiger partial charge in [-0.15, -0.1) is 0 Å². The average Bonchev–Trinajstić information content (AvgIpc) is 2.79. The second kappa shape index (κ2) is 9.79. The summed E-state index contributed by atoms with van der Waals surface area (Å²) in [6.07, 6.45) is -4.81. The molecule has 36 heavy (non-hydrogen) atoms. The van der Waals surface area contributed by atoms with Crippen LogP contribution in [0.1, 0.15) is 15.9 Å². The summed E-state index contributed by atoms with van der Waals surface area (Å²) in [6, 6.07) is 9.15. The van der Waals surface area contributed by atoms with E-state index in [1.54, 1.807) is 0 Å². The van der Waals surface area contributed by atoms with Crippen molar-refractivity contribution in [2.45, 2.75) is 11.1 Å². The number of sulfonamides is 1. The van der Waals surface area contributed by atoms with Crippen LogP contribution in [0, 0.1) is 20.2 Å². The zero-order valence-electron chi connectivity index (χ0n) is 17.4. The van der Waals surface area contributed by atoms with Gasteiger partial charge in [-0.25, -0.2) is 8.42 Å². The summed E-state index contributed by atoms with van der Waals surface area (Å²) < 4.78 is 66.2. The summed E-state index contributed by atoms with van der Waals surface area (Å²) >= 11 is 5.52. The molecule has 0 saturated heterocycles. The zero-order chi connectivity index (χ0) is 26.8. The normalized spacial score (nSPS) is 11.6. The third-order valence-corrected chi connectivity index (χ3v) is 6.26. The SMILES string of the molecule is O=C(Nc1ccc(S(=O)(=O)Nc2ccc(Cl)c(C(F)(F)F)c2)cc1)c1cc([N+](=O)[O-])cc([N+](=O)[O-])c1. The molecule has 0 radical (unpaired) electrons. The van der Waals surface area contributed by atoms with Crippen LogP contribution >= 0.6 is 11.6 Å². The van der Waals surface area contributed by atoms with Gasteiger partial charge < -0.3 is 5.32 Å². The molecule has 0 aromatic heterocycles. The number of rotatable bonds is 7. The fourth-order valence-corrected chi connectivity index (χ4v) is 4.15. The van der Waals surface area contributed by atoms with Crippen molar-refractivity contribution in [3.63, 3.8) is 0 Å². The minimum absolute atomic E-state index is 0.0268. The Morgan fingerprint density at radius 2 is 1.39 bits per heavy atom. The molecule has 0 unspecified atom stereocenters. The molecular weight excluding hydrogens is 533 g/mol. The van der Waals surface area contributed by atoms with Crippen LogP contribution in [0.25, 0.3) is 0 Å². The molecule has 0 fully saturated rings. The van der Waals surface area contributed by atoms with Gasteiger partial charge in [-0.2, -0.15) is 13.2 Å². The molecule has 0 aliphatic rings. The van der Waals surface area contributed by atoms with Crippen LogP contribution in [0.2, 0.25) is 5.02 Å². The Morgan fingerprint density at radius 1 is 0.861 bits per heavy atom. The van der Waals surface area contributed by atoms with E-state index in [-0.39, 0.29) is 10.6 Å². The van der Waals surface area contributed by atoms with Crippen LogP contribution in [-0.4, -0.2) is 24.2 Å². The monoisotopic (exact) mass is 544 g/mol. The molecule has 0 bridgehead atoms. The number of carbonyl (C=O) groups is 1. The molecule has 0 aliphatic heterocycles. The van der Waals surface area contributed by atoms with Gasteiger partial charge in [0.05, 0.1) is 37.0 Å². The molecule has 0 heterocycles. The summed E-state index contributed by atoms with van der Waals surface area (Å²) in [6.45, 7) is 0. The summed E-state index contributed by atoms with van der Waals surface area (Å²) in [5, 5.41) is 23.7. The number of carbonyl (C=O) groups excluding carboxylic acids is 1. The van der Waals surface area contributed by atoms with E-state index in [2.05, 4.69) is 5.32 Å². The van der Waals surface area contributed by atoms with Gasteiger partial charge in [0.25, 0.3) is 27.3 Å². The van der Waals surface area contributed by atoms with Crippen LogP contribution < -0.4 is 10.0 Å². The van der Waals surface area contributed by atoms with E-state index >= 15 is 0 Å². The van der Waals surface area contributed by atoms with E-state index in [4.69, 9.17) is 11.6 Å². The molecule has 2 N–H and O–H groups in total. The molecule has 0 atom stereocenters. The van der Waals surface area contributed by atoms with Gasteiger partial charge >= 0.3 is 6.18 Å². The number of nitrogens with zero attached hydrogens (tertiary/aromatic N) is 2. The van der Waals surface area contributed by atoms with Crippen LogP contribution in [0.3, 0.4) is 0 Å². The molecule has 16 heteroatoms. The van der Waals surface area contributed by atoms with E-state index in [0.29, 0.717) is 12.1 Å². The highest BCUT2D eigenvalue weighted by molar-refractivity contribution is 7.92. The van der Waals surface area contributed by atoms with E-state index in [1.807, 2.05) is 4.72 Å². The first-order valence-corrected chi connectivity index (χ1v) is 11.3. The first-order valence-electron chi connectivity index (χ1n) is 9.42. The number of hydrogen-bond donors (Lipinski definition) is 2. The Bertz CT molecular complexity index is 1450. The molecule has 11 nitrogen and oxygen atoms in total. The fraction of sp³-hybridized carbons (Fsp3) is 0.0500. The lowest BCUT2D eigenvalue weighted by molar-refractivity contribution is -0.394. The van der Waals surface area contributed by atoms with Crippen molar-refractivity contribution in [1.29, 1.82) is 0 Å². The van der Waals surface area contributed by atoms with Crippen LogP contribution in [0.15, 0.2) is 65.6 Å². The molecule has 0 aliphatic carbocycles. The van der Waals surface area contributed by atoms with Crippen LogP contribution in [0.4, 0.5) is 35.9 Å². The van der Waals surface area contributed by atoms with Crippen LogP contribution in [0.5, 0.6) is 0 Å². The van der Waals surface area contributed by atoms with Crippen molar-refractivity contribution in [2.75, 3.05) is 10.0 Å². The number of alkyl halides is 3. The minimum Gasteiger partial charge on any atom is -0.322 e. The lowest BCUT2D eigenvalue weighted by Crippen LogP contribution is -2.15. The Labute approximate surface area is 204 Å². The smallest absolute Gasteiger partial charge is 0.322 e. The van der Waals surface area contributed by atoms with Gasteiger partial charge in [-0.3, -0.25) is 29.7 Å². The third-order valence-electron chi connectivity index (χ3n) is 4.53. The number of nitrogens with one attached hydrogen (secondary N) is 2. The Balaban J connectivity index is 1.80. The van der Waals surface area contributed by atoms with E-state index < -0.39 is 65.2 Å². The molecular formula is C20H12ClF3N4O7S. The van der Waals surface area contributed by atoms with Crippen molar-refractivity contribution in [3.05, 3.63) is 97.0 Å². The maximum Gasteiger partial charge on any atom is 0.417 e. The Morgan fingerprint density at radius 3 is 1.89 bits per heavy atom. The molecule has 3 aromatic carbocycles. The largest absolute Gasteiger partial charge is 0.417 e. The summed E-state index contributed by atoms with van der Waals surface area (Å²) in [7, 11) is -4.34. The second-order valence-electron chi connectivity index (χ2n) is 7.03. The number of halogens is 4. The summed E-state index contributed by atoms with van der Waals surface area (Å²) in [5.41, 5.74) is -3.35. The quantitative estimate of drug-likeness (QED) is 0.304. The topological polar surface area (TPSA) is 162 Å². The summed E-state index contributed by atoms with van der Waals surface area (Å²) in [5.74, 6) is -0.948. The maximum absolute atomic E-state index is 13.0. The Hall–Kier alpha value is -4.24. The van der Waals surface area contributed by atoms with Crippen molar-refractivity contribution in [3.8, 4) is 0 Å². The molecule has 3 aromatic rings. The van der Waals surface area contributed by atoms with Gasteiger partial charge in [0.2, 0.25) is 0 Å². The van der Waals surface area contributed by atoms with Crippen LogP contribution in [-0.2, 0) is 16.2 Å². The van der Waals surface area contributed by atoms with Gasteiger partial charge in [-0.1, -0.05) is 11.6 Å². The van der Waals surface area contributed by atoms with E-state index in [1.165, 1.54) is 0 Å². The highest BCUT2D eigenvalue weighted by Gasteiger charge is 2.33. The van der Waals surface area contributed by atoms with Gasteiger partial charge in [-0.05, 0) is 42.5 Å². The van der Waals surface area contributed by atoms with Crippen molar-refractivity contribution in [1.82, 2.24) is 0 Å². The van der Waals surface area contributed by atoms with Gasteiger partial charge in [0.1, 0.15) is 0 Å². The minimum atomic E-state index is -4.81. The third kappa shape index (κ3) is 6.05. The number of amides is 1. The Kier molecular flexibility index (Phi) is 7.17. The molecule has 3 rings (SSSR count). The first-order chi connectivity index (χ1) is 16.7. The van der Waals surface area contributed by atoms with Crippen molar-refractivity contribution in [2.24, 2.45) is 0 Å². The highest BCUT2D eigenvalue weighted by Crippen LogP contribution is 2.36. The standard InChI is InChI=1S/C20H12ClF3N4O7S/c21-18-6-3-13(9-17(18)20(22,23)24)26-36(34,35)16-4-1-12(2-5-16)25-19(29)11-7-14(27(30)31)10-15(8-11)28(32)33/h1-10,26H,(H,25,29). The number of non-ortho nitro benzene ring substituents is 2. The number of hydrogen-bond acceptors (Lipinski definition) is 7. The summed E-state index contributed by atoms with van der Waals surface area (Å²) in [4.78, 5) is 32.2. The predicted octanol–water partition coefficient (Wildman–Crippen LogP) is 5.23. The number of nitro benzene ring substituents is 2. The second-order valence-corrected chi connectivity index (χ2v) is 9.12. The van der Waals surface area contributed by atoms with Gasteiger partial charge in [0, 0.05) is 23.5 Å². The molecule has 188 valence electrons. The molecule has 0 spiro atoms. The van der Waals surface area contributed by atoms with Crippen molar-refractivity contribution < 1.29 is 36.2 Å². The average molecular weight is 545 g/mol. The molecule has 1 amide bonds. The van der Waals surface area contributed by atoms with Gasteiger partial charge in [0.15, 0.2) is 0 Å². The van der Waals surface area contributed by atoms with E-state index in [9.17, 15) is 46.6 Å². The lowest BCUT2D eigenvalue weighted by atomic mass is 10.1. The maximum atomic E-state index is 13.0. The number of anilines is 2. The fourth-order valence-electron chi connectivity index (χ4n) is 2.88. The zero-order valence-corrected chi connectivity index (χ0v) is 19.0. The first kappa shape index (κ1) is 26.4. The predicted molar refractivity (Wildman–Crippen MR) is 121 cm³/mol. The number of benzene rings is 3. The lowest BCUT2D eigenvalue weighted by Gasteiger charge is -2.13. The van der Waals surface area contributed by atoms with Crippen molar-refractivity contribution >= 4 is 50.3 Å². The number of nitro groups is 2. The van der Waals surface area contributed by atoms with E-state index in [0.717, 1.165) is 48.5 Å². The molecule has 0 saturated carbocycles.